The highest BCUT2D eigenvalue weighted by Crippen LogP contribution is 2.22. The molecule has 1 aromatic rings. The number of halogens is 2. The third kappa shape index (κ3) is 4.59. The Morgan fingerprint density at radius 1 is 1.28 bits per heavy atom. The van der Waals surface area contributed by atoms with Gasteiger partial charge in [0.25, 0.3) is 0 Å². The van der Waals surface area contributed by atoms with E-state index in [9.17, 15) is 13.2 Å². The Labute approximate surface area is 117 Å². The van der Waals surface area contributed by atoms with Crippen LogP contribution in [0.4, 0.5) is 0 Å². The minimum atomic E-state index is -3.03. The lowest BCUT2D eigenvalue weighted by molar-refractivity contribution is 0.0982. The smallest absolute Gasteiger partial charge is 0.164 e. The molecule has 1 rings (SSSR count). The molecule has 0 amide bonds. The highest BCUT2D eigenvalue weighted by atomic mass is 35.5. The summed E-state index contributed by atoms with van der Waals surface area (Å²) in [4.78, 5) is 11.9. The fourth-order valence-electron chi connectivity index (χ4n) is 1.44. The number of rotatable bonds is 6. The maximum atomic E-state index is 11.9. The predicted octanol–water partition coefficient (Wildman–Crippen LogP) is 3.39. The van der Waals surface area contributed by atoms with Gasteiger partial charge in [0.2, 0.25) is 0 Å². The van der Waals surface area contributed by atoms with Crippen molar-refractivity contribution in [2.24, 2.45) is 0 Å². The lowest BCUT2D eigenvalue weighted by atomic mass is 10.1. The number of ketones is 1. The van der Waals surface area contributed by atoms with Crippen molar-refractivity contribution < 1.29 is 13.2 Å². The van der Waals surface area contributed by atoms with Crippen LogP contribution in [0.15, 0.2) is 18.2 Å². The van der Waals surface area contributed by atoms with Gasteiger partial charge in [-0.05, 0) is 24.6 Å². The standard InChI is InChI=1S/C12H14Cl2O3S/c1-2-18(16,17)7-3-4-12(15)10-8-9(13)5-6-11(10)14/h5-6,8H,2-4,7H2,1H3. The Balaban J connectivity index is 2.64. The fourth-order valence-corrected chi connectivity index (χ4v) is 2.71. The van der Waals surface area contributed by atoms with Gasteiger partial charge < -0.3 is 0 Å². The van der Waals surface area contributed by atoms with Crippen molar-refractivity contribution in [1.82, 2.24) is 0 Å². The van der Waals surface area contributed by atoms with E-state index in [1.807, 2.05) is 0 Å². The normalized spacial score (nSPS) is 11.5. The van der Waals surface area contributed by atoms with Crippen LogP contribution in [-0.4, -0.2) is 25.7 Å². The van der Waals surface area contributed by atoms with Gasteiger partial charge >= 0.3 is 0 Å². The molecule has 0 bridgehead atoms. The quantitative estimate of drug-likeness (QED) is 0.757. The third-order valence-electron chi connectivity index (χ3n) is 2.53. The first-order valence-corrected chi connectivity index (χ1v) is 8.12. The monoisotopic (exact) mass is 308 g/mol. The van der Waals surface area contributed by atoms with E-state index in [1.54, 1.807) is 19.1 Å². The second-order valence-corrected chi connectivity index (χ2v) is 7.20. The Morgan fingerprint density at radius 3 is 2.56 bits per heavy atom. The van der Waals surface area contributed by atoms with Crippen LogP contribution in [0.25, 0.3) is 0 Å². The van der Waals surface area contributed by atoms with Gasteiger partial charge in [-0.15, -0.1) is 0 Å². The van der Waals surface area contributed by atoms with Gasteiger partial charge in [-0.3, -0.25) is 4.79 Å². The Bertz CT molecular complexity index is 538. The average Bonchev–Trinajstić information content (AvgIpc) is 2.32. The lowest BCUT2D eigenvalue weighted by Crippen LogP contribution is -2.10. The molecule has 0 aliphatic rings. The van der Waals surface area contributed by atoms with Crippen molar-refractivity contribution in [3.8, 4) is 0 Å². The van der Waals surface area contributed by atoms with Crippen LogP contribution in [0.3, 0.4) is 0 Å². The van der Waals surface area contributed by atoms with Crippen molar-refractivity contribution >= 4 is 38.8 Å². The van der Waals surface area contributed by atoms with Gasteiger partial charge in [-0.1, -0.05) is 30.1 Å². The number of hydrogen-bond donors (Lipinski definition) is 0. The fraction of sp³-hybridized carbons (Fsp3) is 0.417. The summed E-state index contributed by atoms with van der Waals surface area (Å²) >= 11 is 11.7. The van der Waals surface area contributed by atoms with Gasteiger partial charge in [-0.25, -0.2) is 8.42 Å². The van der Waals surface area contributed by atoms with Crippen LogP contribution in [0.2, 0.25) is 10.0 Å². The molecule has 0 heterocycles. The molecule has 0 fully saturated rings. The van der Waals surface area contributed by atoms with E-state index in [2.05, 4.69) is 0 Å². The molecule has 100 valence electrons. The molecule has 0 aliphatic heterocycles. The second-order valence-electron chi connectivity index (χ2n) is 3.89. The third-order valence-corrected chi connectivity index (χ3v) is 4.88. The van der Waals surface area contributed by atoms with E-state index < -0.39 is 9.84 Å². The molecule has 0 aliphatic carbocycles. The maximum Gasteiger partial charge on any atom is 0.164 e. The van der Waals surface area contributed by atoms with Crippen LogP contribution in [-0.2, 0) is 9.84 Å². The topological polar surface area (TPSA) is 51.2 Å². The zero-order valence-corrected chi connectivity index (χ0v) is 12.3. The maximum absolute atomic E-state index is 11.9. The summed E-state index contributed by atoms with van der Waals surface area (Å²) < 4.78 is 22.6. The molecule has 0 atom stereocenters. The molecule has 1 aromatic carbocycles. The van der Waals surface area contributed by atoms with Crippen molar-refractivity contribution in [3.63, 3.8) is 0 Å². The summed E-state index contributed by atoms with van der Waals surface area (Å²) in [6.45, 7) is 1.59. The van der Waals surface area contributed by atoms with Gasteiger partial charge in [0.05, 0.1) is 10.8 Å². The van der Waals surface area contributed by atoms with Crippen molar-refractivity contribution in [1.29, 1.82) is 0 Å². The van der Waals surface area contributed by atoms with Crippen LogP contribution < -0.4 is 0 Å². The number of hydrogen-bond acceptors (Lipinski definition) is 3. The number of carbonyl (C=O) groups excluding carboxylic acids is 1. The number of benzene rings is 1. The molecule has 0 saturated heterocycles. The summed E-state index contributed by atoms with van der Waals surface area (Å²) in [5, 5.41) is 0.770. The minimum Gasteiger partial charge on any atom is -0.294 e. The van der Waals surface area contributed by atoms with E-state index in [-0.39, 0.29) is 23.7 Å². The van der Waals surface area contributed by atoms with Gasteiger partial charge in [0.1, 0.15) is 9.84 Å². The molecular formula is C12H14Cl2O3S. The van der Waals surface area contributed by atoms with Crippen molar-refractivity contribution in [2.75, 3.05) is 11.5 Å². The molecule has 0 radical (unpaired) electrons. The Kier molecular flexibility index (Phi) is 5.63. The van der Waals surface area contributed by atoms with Crippen LogP contribution in [0, 0.1) is 0 Å². The van der Waals surface area contributed by atoms with Crippen molar-refractivity contribution in [3.05, 3.63) is 33.8 Å². The van der Waals surface area contributed by atoms with E-state index in [0.717, 1.165) is 0 Å². The van der Waals surface area contributed by atoms with Crippen LogP contribution >= 0.6 is 23.2 Å². The molecule has 0 spiro atoms. The van der Waals surface area contributed by atoms with Gasteiger partial charge in [0, 0.05) is 22.8 Å². The lowest BCUT2D eigenvalue weighted by Gasteiger charge is -2.04. The molecular weight excluding hydrogens is 295 g/mol. The highest BCUT2D eigenvalue weighted by Gasteiger charge is 2.13. The SMILES string of the molecule is CCS(=O)(=O)CCCC(=O)c1cc(Cl)ccc1Cl. The van der Waals surface area contributed by atoms with Gasteiger partial charge in [-0.2, -0.15) is 0 Å². The minimum absolute atomic E-state index is 0.0213. The predicted molar refractivity (Wildman–Crippen MR) is 74.4 cm³/mol. The molecule has 18 heavy (non-hydrogen) atoms. The molecule has 3 nitrogen and oxygen atoms in total. The largest absolute Gasteiger partial charge is 0.294 e. The average molecular weight is 309 g/mol. The first-order valence-electron chi connectivity index (χ1n) is 5.54. The summed E-state index contributed by atoms with van der Waals surface area (Å²) in [6, 6.07) is 4.66. The number of sulfone groups is 1. The summed E-state index contributed by atoms with van der Waals surface area (Å²) in [5.41, 5.74) is 0.345. The zero-order valence-electron chi connectivity index (χ0n) is 9.95. The Morgan fingerprint density at radius 2 is 1.94 bits per heavy atom. The second kappa shape index (κ2) is 6.55. The summed E-state index contributed by atoms with van der Waals surface area (Å²) in [7, 11) is -3.03. The van der Waals surface area contributed by atoms with Crippen LogP contribution in [0.1, 0.15) is 30.1 Å². The van der Waals surface area contributed by atoms with E-state index in [1.165, 1.54) is 6.07 Å². The zero-order chi connectivity index (χ0) is 13.8. The van der Waals surface area contributed by atoms with Gasteiger partial charge in [0.15, 0.2) is 5.78 Å². The molecule has 0 N–H and O–H groups in total. The number of Topliss-reactive ketones (excluding diaryl/α,β-unsaturated/α-hetero) is 1. The molecule has 6 heteroatoms. The Hall–Kier alpha value is -0.580. The first-order chi connectivity index (χ1) is 8.35. The van der Waals surface area contributed by atoms with Crippen LogP contribution in [0.5, 0.6) is 0 Å². The first kappa shape index (κ1) is 15.5. The molecule has 0 unspecified atom stereocenters. The summed E-state index contributed by atoms with van der Waals surface area (Å²) in [5.74, 6) is -0.0687. The van der Waals surface area contributed by atoms with E-state index >= 15 is 0 Å². The summed E-state index contributed by atoms with van der Waals surface area (Å²) in [6.07, 6.45) is 0.455. The molecule has 0 aromatic heterocycles. The number of carbonyl (C=O) groups is 1. The highest BCUT2D eigenvalue weighted by molar-refractivity contribution is 7.91. The van der Waals surface area contributed by atoms with E-state index in [4.69, 9.17) is 23.2 Å². The van der Waals surface area contributed by atoms with E-state index in [0.29, 0.717) is 22.0 Å². The van der Waals surface area contributed by atoms with Crippen molar-refractivity contribution in [2.45, 2.75) is 19.8 Å². The molecule has 0 saturated carbocycles.